The normalized spacial score (nSPS) is 20.2. The van der Waals surface area contributed by atoms with E-state index in [9.17, 15) is 22.0 Å². The summed E-state index contributed by atoms with van der Waals surface area (Å²) in [5, 5.41) is 2.03. The molecule has 1 saturated heterocycles. The largest absolute Gasteiger partial charge is 0.355 e. The second-order valence-corrected chi connectivity index (χ2v) is 9.39. The first-order chi connectivity index (χ1) is 13.2. The average molecular weight is 408 g/mol. The highest BCUT2D eigenvalue weighted by Gasteiger charge is 2.36. The molecule has 2 atom stereocenters. The van der Waals surface area contributed by atoms with E-state index < -0.39 is 32.9 Å². The zero-order valence-electron chi connectivity index (χ0n) is 15.6. The molecule has 150 valence electrons. The number of hydrogen-bond donors (Lipinski definition) is 2. The van der Waals surface area contributed by atoms with Crippen LogP contribution in [-0.4, -0.2) is 32.2 Å². The lowest BCUT2D eigenvalue weighted by molar-refractivity contribution is -0.124. The standard InChI is InChI=1S/C20H22F2N2O3S/c1-12(2)28(26,27)24-19-17(9-10-23-20(19)25)14-5-3-13(4-6-14)16-8-7-15(21)11-18(16)22/h3-8,11-12,17,19,24H,9-10H2,1-2H3,(H,23,25). The Morgan fingerprint density at radius 3 is 2.39 bits per heavy atom. The molecule has 0 bridgehead atoms. The van der Waals surface area contributed by atoms with Gasteiger partial charge in [0.05, 0.1) is 5.25 Å². The molecule has 2 aromatic rings. The molecular formula is C20H22F2N2O3S. The van der Waals surface area contributed by atoms with Crippen molar-refractivity contribution in [3.8, 4) is 11.1 Å². The summed E-state index contributed by atoms with van der Waals surface area (Å²) in [7, 11) is -3.63. The van der Waals surface area contributed by atoms with Crippen LogP contribution in [0.3, 0.4) is 0 Å². The van der Waals surface area contributed by atoms with E-state index in [1.165, 1.54) is 12.1 Å². The lowest BCUT2D eigenvalue weighted by Crippen LogP contribution is -2.55. The van der Waals surface area contributed by atoms with Crippen LogP contribution in [0.15, 0.2) is 42.5 Å². The van der Waals surface area contributed by atoms with Gasteiger partial charge in [-0.15, -0.1) is 0 Å². The Morgan fingerprint density at radius 1 is 1.11 bits per heavy atom. The monoisotopic (exact) mass is 408 g/mol. The van der Waals surface area contributed by atoms with Crippen LogP contribution in [0.2, 0.25) is 0 Å². The number of sulfonamides is 1. The molecule has 0 radical (unpaired) electrons. The molecule has 1 amide bonds. The second kappa shape index (κ2) is 7.97. The Labute approximate surface area is 163 Å². The van der Waals surface area contributed by atoms with E-state index in [4.69, 9.17) is 0 Å². The molecule has 2 N–H and O–H groups in total. The Morgan fingerprint density at radius 2 is 1.79 bits per heavy atom. The summed E-state index contributed by atoms with van der Waals surface area (Å²) in [5.41, 5.74) is 1.62. The SMILES string of the molecule is CC(C)S(=O)(=O)NC1C(=O)NCCC1c1ccc(-c2ccc(F)cc2F)cc1. The minimum absolute atomic E-state index is 0.270. The molecule has 0 saturated carbocycles. The Bertz CT molecular complexity index is 975. The highest BCUT2D eigenvalue weighted by molar-refractivity contribution is 7.90. The quantitative estimate of drug-likeness (QED) is 0.799. The van der Waals surface area contributed by atoms with E-state index in [-0.39, 0.29) is 17.4 Å². The van der Waals surface area contributed by atoms with Gasteiger partial charge in [-0.3, -0.25) is 4.79 Å². The van der Waals surface area contributed by atoms with E-state index in [0.717, 1.165) is 11.6 Å². The van der Waals surface area contributed by atoms with Gasteiger partial charge in [-0.05, 0) is 43.5 Å². The summed E-state index contributed by atoms with van der Waals surface area (Å²) in [5.74, 6) is -2.01. The third kappa shape index (κ3) is 4.23. The fraction of sp³-hybridized carbons (Fsp3) is 0.350. The van der Waals surface area contributed by atoms with Gasteiger partial charge in [-0.1, -0.05) is 24.3 Å². The van der Waals surface area contributed by atoms with Crippen molar-refractivity contribution in [3.05, 3.63) is 59.7 Å². The predicted molar refractivity (Wildman–Crippen MR) is 103 cm³/mol. The third-order valence-electron chi connectivity index (χ3n) is 4.93. The molecule has 0 aliphatic carbocycles. The first-order valence-electron chi connectivity index (χ1n) is 9.03. The minimum atomic E-state index is -3.63. The molecule has 3 rings (SSSR count). The van der Waals surface area contributed by atoms with Gasteiger partial charge in [0, 0.05) is 24.1 Å². The van der Waals surface area contributed by atoms with Crippen molar-refractivity contribution in [2.45, 2.75) is 37.5 Å². The molecular weight excluding hydrogens is 386 g/mol. The number of carbonyl (C=O) groups excluding carboxylic acids is 1. The number of hydrogen-bond acceptors (Lipinski definition) is 3. The minimum Gasteiger partial charge on any atom is -0.355 e. The number of carbonyl (C=O) groups is 1. The maximum absolute atomic E-state index is 14.0. The molecule has 1 fully saturated rings. The van der Waals surface area contributed by atoms with E-state index >= 15 is 0 Å². The zero-order valence-corrected chi connectivity index (χ0v) is 16.4. The number of piperidine rings is 1. The van der Waals surface area contributed by atoms with Gasteiger partial charge >= 0.3 is 0 Å². The van der Waals surface area contributed by atoms with Crippen LogP contribution in [0.4, 0.5) is 8.78 Å². The topological polar surface area (TPSA) is 75.3 Å². The summed E-state index contributed by atoms with van der Waals surface area (Å²) in [6, 6.07) is 9.34. The lowest BCUT2D eigenvalue weighted by Gasteiger charge is -2.32. The molecule has 5 nitrogen and oxygen atoms in total. The summed E-state index contributed by atoms with van der Waals surface area (Å²) in [4.78, 5) is 12.3. The van der Waals surface area contributed by atoms with E-state index in [1.807, 2.05) is 0 Å². The Hall–Kier alpha value is -2.32. The predicted octanol–water partition coefficient (Wildman–Crippen LogP) is 2.93. The van der Waals surface area contributed by atoms with Crippen LogP contribution in [0.1, 0.15) is 31.7 Å². The van der Waals surface area contributed by atoms with Crippen LogP contribution in [-0.2, 0) is 14.8 Å². The zero-order chi connectivity index (χ0) is 20.5. The molecule has 2 aromatic carbocycles. The molecule has 0 spiro atoms. The van der Waals surface area contributed by atoms with E-state index in [0.29, 0.717) is 18.5 Å². The third-order valence-corrected chi connectivity index (χ3v) is 6.76. The van der Waals surface area contributed by atoms with Crippen molar-refractivity contribution < 1.29 is 22.0 Å². The lowest BCUT2D eigenvalue weighted by atomic mass is 9.85. The van der Waals surface area contributed by atoms with Gasteiger partial charge in [-0.2, -0.15) is 0 Å². The highest BCUT2D eigenvalue weighted by Crippen LogP contribution is 2.30. The molecule has 2 unspecified atom stereocenters. The molecule has 8 heteroatoms. The van der Waals surface area contributed by atoms with E-state index in [1.54, 1.807) is 38.1 Å². The Kier molecular flexibility index (Phi) is 5.81. The molecule has 1 aliphatic heterocycles. The van der Waals surface area contributed by atoms with Crippen molar-refractivity contribution in [3.63, 3.8) is 0 Å². The van der Waals surface area contributed by atoms with Crippen LogP contribution in [0.25, 0.3) is 11.1 Å². The van der Waals surface area contributed by atoms with Gasteiger partial charge in [0.25, 0.3) is 0 Å². The number of halogens is 2. The molecule has 1 heterocycles. The fourth-order valence-corrected chi connectivity index (χ4v) is 4.15. The number of benzene rings is 2. The van der Waals surface area contributed by atoms with Crippen molar-refractivity contribution in [1.82, 2.24) is 10.0 Å². The van der Waals surface area contributed by atoms with Crippen molar-refractivity contribution in [2.24, 2.45) is 0 Å². The molecule has 0 aromatic heterocycles. The van der Waals surface area contributed by atoms with Crippen LogP contribution in [0.5, 0.6) is 0 Å². The van der Waals surface area contributed by atoms with Crippen molar-refractivity contribution in [2.75, 3.05) is 6.54 Å². The summed E-state index contributed by atoms with van der Waals surface area (Å²) >= 11 is 0. The highest BCUT2D eigenvalue weighted by atomic mass is 32.2. The van der Waals surface area contributed by atoms with Crippen LogP contribution in [0, 0.1) is 11.6 Å². The maximum atomic E-state index is 14.0. The molecule has 1 aliphatic rings. The van der Waals surface area contributed by atoms with Crippen molar-refractivity contribution >= 4 is 15.9 Å². The maximum Gasteiger partial charge on any atom is 0.238 e. The number of rotatable bonds is 5. The van der Waals surface area contributed by atoms with Gasteiger partial charge in [0.15, 0.2) is 0 Å². The van der Waals surface area contributed by atoms with E-state index in [2.05, 4.69) is 10.0 Å². The molecule has 28 heavy (non-hydrogen) atoms. The van der Waals surface area contributed by atoms with Gasteiger partial charge in [-0.25, -0.2) is 21.9 Å². The summed E-state index contributed by atoms with van der Waals surface area (Å²) in [6.45, 7) is 3.53. The van der Waals surface area contributed by atoms with Gasteiger partial charge in [0.1, 0.15) is 17.7 Å². The van der Waals surface area contributed by atoms with Crippen molar-refractivity contribution in [1.29, 1.82) is 0 Å². The van der Waals surface area contributed by atoms with Gasteiger partial charge < -0.3 is 5.32 Å². The fourth-order valence-electron chi connectivity index (χ4n) is 3.25. The van der Waals surface area contributed by atoms with Crippen LogP contribution >= 0.6 is 0 Å². The smallest absolute Gasteiger partial charge is 0.238 e. The second-order valence-electron chi connectivity index (χ2n) is 7.12. The number of nitrogens with one attached hydrogen (secondary N) is 2. The average Bonchev–Trinajstić information content (AvgIpc) is 2.63. The first kappa shape index (κ1) is 20.4. The Balaban J connectivity index is 1.89. The summed E-state index contributed by atoms with van der Waals surface area (Å²) in [6.07, 6.45) is 0.571. The van der Waals surface area contributed by atoms with Crippen LogP contribution < -0.4 is 10.0 Å². The first-order valence-corrected chi connectivity index (χ1v) is 10.6. The summed E-state index contributed by atoms with van der Waals surface area (Å²) < 4.78 is 54.1. The van der Waals surface area contributed by atoms with Gasteiger partial charge in [0.2, 0.25) is 15.9 Å². The number of amides is 1.